The molecular weight excluding hydrogens is 232 g/mol. The molecule has 0 saturated carbocycles. The fourth-order valence-corrected chi connectivity index (χ4v) is 1.36. The van der Waals surface area contributed by atoms with Crippen molar-refractivity contribution in [3.05, 3.63) is 5.89 Å². The Bertz CT molecular complexity index is 346. The predicted octanol–water partition coefficient (Wildman–Crippen LogP) is 1.79. The standard InChI is InChI=1S/C12H24N4O2/c1-6-9(8-17-5)14-11-16-15-10(18-11)7-13-12(2,3)4/h9,13H,6-8H2,1-5H3,(H,14,16). The molecule has 0 fully saturated rings. The quantitative estimate of drug-likeness (QED) is 0.775. The summed E-state index contributed by atoms with van der Waals surface area (Å²) in [6.07, 6.45) is 0.936. The van der Waals surface area contributed by atoms with Crippen molar-refractivity contribution >= 4 is 6.01 Å². The van der Waals surface area contributed by atoms with E-state index in [1.807, 2.05) is 0 Å². The van der Waals surface area contributed by atoms with Crippen molar-refractivity contribution in [1.29, 1.82) is 0 Å². The van der Waals surface area contributed by atoms with Gasteiger partial charge >= 0.3 is 6.01 Å². The maximum absolute atomic E-state index is 5.51. The van der Waals surface area contributed by atoms with E-state index in [-0.39, 0.29) is 11.6 Å². The smallest absolute Gasteiger partial charge is 0.315 e. The Morgan fingerprint density at radius 2 is 2.06 bits per heavy atom. The van der Waals surface area contributed by atoms with E-state index in [0.717, 1.165) is 6.42 Å². The number of anilines is 1. The van der Waals surface area contributed by atoms with Gasteiger partial charge in [-0.2, -0.15) is 0 Å². The molecule has 1 aromatic rings. The van der Waals surface area contributed by atoms with Crippen LogP contribution in [0.5, 0.6) is 0 Å². The lowest BCUT2D eigenvalue weighted by Crippen LogP contribution is -2.35. The van der Waals surface area contributed by atoms with Gasteiger partial charge in [-0.05, 0) is 27.2 Å². The second kappa shape index (κ2) is 6.70. The second-order valence-electron chi connectivity index (χ2n) is 5.31. The zero-order valence-electron chi connectivity index (χ0n) is 11.9. The second-order valence-corrected chi connectivity index (χ2v) is 5.31. The number of aromatic nitrogens is 2. The molecule has 6 heteroatoms. The first-order valence-electron chi connectivity index (χ1n) is 6.27. The molecule has 1 atom stereocenters. The van der Waals surface area contributed by atoms with Crippen molar-refractivity contribution in [2.24, 2.45) is 0 Å². The molecule has 6 nitrogen and oxygen atoms in total. The number of nitrogens with zero attached hydrogens (tertiary/aromatic N) is 2. The minimum Gasteiger partial charge on any atom is -0.407 e. The number of hydrogen-bond acceptors (Lipinski definition) is 6. The van der Waals surface area contributed by atoms with E-state index in [1.165, 1.54) is 0 Å². The average Bonchev–Trinajstić information content (AvgIpc) is 2.73. The van der Waals surface area contributed by atoms with Crippen LogP contribution < -0.4 is 10.6 Å². The first-order valence-corrected chi connectivity index (χ1v) is 6.27. The minimum atomic E-state index is 0.0318. The van der Waals surface area contributed by atoms with Crippen molar-refractivity contribution in [2.45, 2.75) is 52.2 Å². The highest BCUT2D eigenvalue weighted by Crippen LogP contribution is 2.10. The van der Waals surface area contributed by atoms with Crippen LogP contribution in [0.3, 0.4) is 0 Å². The number of rotatable bonds is 7. The molecule has 0 aromatic carbocycles. The van der Waals surface area contributed by atoms with E-state index >= 15 is 0 Å². The maximum Gasteiger partial charge on any atom is 0.315 e. The van der Waals surface area contributed by atoms with E-state index in [9.17, 15) is 0 Å². The van der Waals surface area contributed by atoms with Crippen LogP contribution in [0, 0.1) is 0 Å². The molecule has 1 rings (SSSR count). The summed E-state index contributed by atoms with van der Waals surface area (Å²) in [4.78, 5) is 0. The van der Waals surface area contributed by atoms with Crippen molar-refractivity contribution in [3.8, 4) is 0 Å². The number of nitrogens with one attached hydrogen (secondary N) is 2. The molecule has 0 radical (unpaired) electrons. The van der Waals surface area contributed by atoms with Crippen LogP contribution in [0.15, 0.2) is 4.42 Å². The molecule has 0 aliphatic carbocycles. The summed E-state index contributed by atoms with van der Waals surface area (Å²) in [6, 6.07) is 0.642. The van der Waals surface area contributed by atoms with Crippen LogP contribution in [-0.4, -0.2) is 35.5 Å². The Morgan fingerprint density at radius 3 is 2.61 bits per heavy atom. The molecule has 0 bridgehead atoms. The van der Waals surface area contributed by atoms with Crippen molar-refractivity contribution in [1.82, 2.24) is 15.5 Å². The van der Waals surface area contributed by atoms with Gasteiger partial charge in [0.05, 0.1) is 19.2 Å². The first-order chi connectivity index (χ1) is 8.44. The van der Waals surface area contributed by atoms with Crippen LogP contribution >= 0.6 is 0 Å². The highest BCUT2D eigenvalue weighted by molar-refractivity contribution is 5.19. The minimum absolute atomic E-state index is 0.0318. The Morgan fingerprint density at radius 1 is 1.33 bits per heavy atom. The van der Waals surface area contributed by atoms with Gasteiger partial charge in [0.1, 0.15) is 0 Å². The zero-order chi connectivity index (χ0) is 13.6. The van der Waals surface area contributed by atoms with Gasteiger partial charge in [0.2, 0.25) is 5.89 Å². The van der Waals surface area contributed by atoms with Crippen LogP contribution in [0.25, 0.3) is 0 Å². The number of ether oxygens (including phenoxy) is 1. The van der Waals surface area contributed by atoms with Crippen LogP contribution in [0.1, 0.15) is 40.0 Å². The average molecular weight is 256 g/mol. The van der Waals surface area contributed by atoms with Crippen molar-refractivity contribution in [3.63, 3.8) is 0 Å². The summed E-state index contributed by atoms with van der Waals surface area (Å²) in [5.41, 5.74) is 0.0318. The molecule has 2 N–H and O–H groups in total. The summed E-state index contributed by atoms with van der Waals surface area (Å²) >= 11 is 0. The van der Waals surface area contributed by atoms with Gasteiger partial charge in [0, 0.05) is 12.6 Å². The van der Waals surface area contributed by atoms with Crippen molar-refractivity contribution < 1.29 is 9.15 Å². The summed E-state index contributed by atoms with van der Waals surface area (Å²) in [5, 5.41) is 14.4. The van der Waals surface area contributed by atoms with Gasteiger partial charge in [-0.3, -0.25) is 0 Å². The van der Waals surface area contributed by atoms with Gasteiger partial charge in [-0.15, -0.1) is 5.10 Å². The molecule has 0 saturated heterocycles. The first kappa shape index (κ1) is 14.9. The Balaban J connectivity index is 2.47. The molecule has 1 unspecified atom stereocenters. The van der Waals surface area contributed by atoms with Crippen LogP contribution in [0.2, 0.25) is 0 Å². The molecule has 18 heavy (non-hydrogen) atoms. The lowest BCUT2D eigenvalue weighted by atomic mass is 10.1. The third-order valence-electron chi connectivity index (χ3n) is 2.43. The van der Waals surface area contributed by atoms with E-state index in [0.29, 0.717) is 25.1 Å². The normalized spacial score (nSPS) is 13.6. The van der Waals surface area contributed by atoms with E-state index in [2.05, 4.69) is 48.5 Å². The number of hydrogen-bond donors (Lipinski definition) is 2. The Labute approximate surface area is 108 Å². The highest BCUT2D eigenvalue weighted by atomic mass is 16.5. The molecule has 1 heterocycles. The Kier molecular flexibility index (Phi) is 5.55. The lowest BCUT2D eigenvalue weighted by Gasteiger charge is -2.18. The van der Waals surface area contributed by atoms with Crippen molar-refractivity contribution in [2.75, 3.05) is 19.0 Å². The van der Waals surface area contributed by atoms with E-state index < -0.39 is 0 Å². The zero-order valence-corrected chi connectivity index (χ0v) is 11.9. The van der Waals surface area contributed by atoms with Gasteiger partial charge in [0.25, 0.3) is 0 Å². The third kappa shape index (κ3) is 5.46. The van der Waals surface area contributed by atoms with Gasteiger partial charge < -0.3 is 19.8 Å². The van der Waals surface area contributed by atoms with E-state index in [1.54, 1.807) is 7.11 Å². The summed E-state index contributed by atoms with van der Waals surface area (Å²) in [7, 11) is 1.68. The summed E-state index contributed by atoms with van der Waals surface area (Å²) < 4.78 is 10.6. The molecule has 0 aliphatic heterocycles. The largest absolute Gasteiger partial charge is 0.407 e. The van der Waals surface area contributed by atoms with Crippen LogP contribution in [0.4, 0.5) is 6.01 Å². The lowest BCUT2D eigenvalue weighted by molar-refractivity contribution is 0.183. The molecular formula is C12H24N4O2. The van der Waals surface area contributed by atoms with Crippen LogP contribution in [-0.2, 0) is 11.3 Å². The maximum atomic E-state index is 5.51. The fraction of sp³-hybridized carbons (Fsp3) is 0.833. The molecule has 1 aromatic heterocycles. The third-order valence-corrected chi connectivity index (χ3v) is 2.43. The van der Waals surface area contributed by atoms with Gasteiger partial charge in [-0.25, -0.2) is 0 Å². The summed E-state index contributed by atoms with van der Waals surface area (Å²) in [5.74, 6) is 0.583. The predicted molar refractivity (Wildman–Crippen MR) is 70.5 cm³/mol. The van der Waals surface area contributed by atoms with Gasteiger partial charge in [-0.1, -0.05) is 12.0 Å². The molecule has 0 aliphatic rings. The Hall–Kier alpha value is -1.14. The fourth-order valence-electron chi connectivity index (χ4n) is 1.36. The number of methoxy groups -OCH3 is 1. The molecule has 104 valence electrons. The molecule has 0 amide bonds. The topological polar surface area (TPSA) is 72.2 Å². The van der Waals surface area contributed by atoms with Gasteiger partial charge in [0.15, 0.2) is 0 Å². The summed E-state index contributed by atoms with van der Waals surface area (Å²) in [6.45, 7) is 9.54. The highest BCUT2D eigenvalue weighted by Gasteiger charge is 2.14. The van der Waals surface area contributed by atoms with E-state index in [4.69, 9.17) is 9.15 Å². The SMILES string of the molecule is CCC(COC)Nc1nnc(CNC(C)(C)C)o1. The monoisotopic (exact) mass is 256 g/mol. The molecule has 0 spiro atoms.